The van der Waals surface area contributed by atoms with Gasteiger partial charge in [-0.15, -0.1) is 0 Å². The van der Waals surface area contributed by atoms with Gasteiger partial charge in [-0.05, 0) is 78.0 Å². The Balaban J connectivity index is 2.45. The van der Waals surface area contributed by atoms with E-state index >= 15 is 0 Å². The van der Waals surface area contributed by atoms with Crippen LogP contribution in [0.4, 0.5) is 9.59 Å². The molecule has 3 N–H and O–H groups in total. The molecule has 0 saturated heterocycles. The number of ether oxygens (including phenoxy) is 5. The molecule has 3 unspecified atom stereocenters. The third kappa shape index (κ3) is 10.7. The molecular weight excluding hydrogens is 558 g/mol. The van der Waals surface area contributed by atoms with Gasteiger partial charge in [-0.3, -0.25) is 9.59 Å². The summed E-state index contributed by atoms with van der Waals surface area (Å²) in [6.07, 6.45) is 2.86. The van der Waals surface area contributed by atoms with Crippen molar-refractivity contribution in [2.24, 2.45) is 17.6 Å². The van der Waals surface area contributed by atoms with Crippen LogP contribution < -0.4 is 15.2 Å². The van der Waals surface area contributed by atoms with Crippen LogP contribution in [0.2, 0.25) is 0 Å². The van der Waals surface area contributed by atoms with Gasteiger partial charge in [0.2, 0.25) is 0 Å². The number of nitrogens with two attached hydrogens (primary N) is 1. The van der Waals surface area contributed by atoms with E-state index in [-0.39, 0.29) is 23.4 Å². The van der Waals surface area contributed by atoms with Gasteiger partial charge in [0.15, 0.2) is 11.5 Å². The summed E-state index contributed by atoms with van der Waals surface area (Å²) >= 11 is 0. The fraction of sp³-hybridized carbons (Fsp3) is 0.688. The molecule has 0 aromatic heterocycles. The zero-order chi connectivity index (χ0) is 32.5. The van der Waals surface area contributed by atoms with E-state index in [1.807, 2.05) is 13.8 Å². The lowest BCUT2D eigenvalue weighted by molar-refractivity contribution is -0.157. The predicted molar refractivity (Wildman–Crippen MR) is 159 cm³/mol. The molecule has 1 fully saturated rings. The molecule has 0 aliphatic heterocycles. The van der Waals surface area contributed by atoms with Crippen molar-refractivity contribution in [2.45, 2.75) is 130 Å². The van der Waals surface area contributed by atoms with Crippen LogP contribution in [0.5, 0.6) is 11.5 Å². The van der Waals surface area contributed by atoms with Gasteiger partial charge in [0.05, 0.1) is 5.92 Å². The third-order valence-electron chi connectivity index (χ3n) is 8.38. The van der Waals surface area contributed by atoms with E-state index < -0.39 is 53.5 Å². The maximum absolute atomic E-state index is 12.9. The number of rotatable bonds is 13. The van der Waals surface area contributed by atoms with Crippen LogP contribution in [-0.2, 0) is 23.8 Å². The SMILES string of the molecule is CCC(C)(C)OC(=O)Oc1ccc(C(C(C)C(C)OC(=O)C2CCCCC2)[C@H](N)C(=O)O)cc1OC(=O)OC(C)(C)CC. The van der Waals surface area contributed by atoms with Crippen LogP contribution in [0.25, 0.3) is 0 Å². The molecule has 0 spiro atoms. The van der Waals surface area contributed by atoms with Gasteiger partial charge in [0, 0.05) is 11.8 Å². The smallest absolute Gasteiger partial charge is 0.480 e. The van der Waals surface area contributed by atoms with E-state index in [2.05, 4.69) is 0 Å². The Hall–Kier alpha value is -3.34. The molecule has 4 atom stereocenters. The summed E-state index contributed by atoms with van der Waals surface area (Å²) in [5.74, 6) is -3.51. The summed E-state index contributed by atoms with van der Waals surface area (Å²) in [6.45, 7) is 14.0. The molecule has 1 aliphatic rings. The Morgan fingerprint density at radius 3 is 1.88 bits per heavy atom. The lowest BCUT2D eigenvalue weighted by Crippen LogP contribution is -2.43. The number of carboxylic acids is 1. The minimum atomic E-state index is -1.40. The molecule has 0 bridgehead atoms. The van der Waals surface area contributed by atoms with Gasteiger partial charge in [-0.25, -0.2) is 9.59 Å². The molecule has 1 aliphatic carbocycles. The molecular formula is C32H49NO10. The highest BCUT2D eigenvalue weighted by Crippen LogP contribution is 2.38. The number of aliphatic carboxylic acids is 1. The normalized spacial score (nSPS) is 17.1. The first-order valence-corrected chi connectivity index (χ1v) is 15.1. The van der Waals surface area contributed by atoms with Gasteiger partial charge < -0.3 is 34.5 Å². The molecule has 11 heteroatoms. The molecule has 1 saturated carbocycles. The average Bonchev–Trinajstić information content (AvgIpc) is 2.94. The van der Waals surface area contributed by atoms with Crippen LogP contribution >= 0.6 is 0 Å². The van der Waals surface area contributed by atoms with E-state index in [4.69, 9.17) is 29.4 Å². The second-order valence-electron chi connectivity index (χ2n) is 12.6. The number of carbonyl (C=O) groups is 4. The Bertz CT molecular complexity index is 1130. The summed E-state index contributed by atoms with van der Waals surface area (Å²) in [6, 6.07) is 2.89. The average molecular weight is 608 g/mol. The topological polar surface area (TPSA) is 161 Å². The number of hydrogen-bond donors (Lipinski definition) is 2. The van der Waals surface area contributed by atoms with E-state index in [9.17, 15) is 24.3 Å². The maximum Gasteiger partial charge on any atom is 0.514 e. The molecule has 43 heavy (non-hydrogen) atoms. The monoisotopic (exact) mass is 607 g/mol. The number of carboxylic acid groups (broad SMARTS) is 1. The zero-order valence-electron chi connectivity index (χ0n) is 26.8. The Morgan fingerprint density at radius 2 is 1.40 bits per heavy atom. The molecule has 11 nitrogen and oxygen atoms in total. The molecule has 0 amide bonds. The minimum Gasteiger partial charge on any atom is -0.480 e. The van der Waals surface area contributed by atoms with Crippen molar-refractivity contribution in [1.82, 2.24) is 0 Å². The maximum atomic E-state index is 12.9. The standard InChI is InChI=1S/C32H49NO10/c1-9-31(5,6)42-29(37)40-23-17-16-22(18-24(23)41-30(38)43-32(7,8)10-2)25(26(33)27(34)35)19(3)20(4)39-28(36)21-14-12-11-13-15-21/h16-21,25-26H,9-15,33H2,1-8H3,(H,34,35)/t19?,20?,25?,26-/m0/s1. The fourth-order valence-corrected chi connectivity index (χ4v) is 4.72. The lowest BCUT2D eigenvalue weighted by Gasteiger charge is -2.33. The highest BCUT2D eigenvalue weighted by atomic mass is 16.8. The third-order valence-corrected chi connectivity index (χ3v) is 8.38. The molecule has 242 valence electrons. The highest BCUT2D eigenvalue weighted by molar-refractivity contribution is 5.75. The first kappa shape index (κ1) is 35.9. The van der Waals surface area contributed by atoms with Crippen molar-refractivity contribution in [3.8, 4) is 11.5 Å². The number of carbonyl (C=O) groups excluding carboxylic acids is 3. The fourth-order valence-electron chi connectivity index (χ4n) is 4.72. The Labute approximate surface area is 254 Å². The quantitative estimate of drug-likeness (QED) is 0.139. The number of hydrogen-bond acceptors (Lipinski definition) is 10. The van der Waals surface area contributed by atoms with Gasteiger partial charge in [-0.1, -0.05) is 46.1 Å². The molecule has 0 heterocycles. The largest absolute Gasteiger partial charge is 0.514 e. The van der Waals surface area contributed by atoms with E-state index in [0.717, 1.165) is 32.1 Å². The predicted octanol–water partition coefficient (Wildman–Crippen LogP) is 6.74. The van der Waals surface area contributed by atoms with Crippen LogP contribution in [0, 0.1) is 11.8 Å². The van der Waals surface area contributed by atoms with Gasteiger partial charge >= 0.3 is 24.2 Å². The summed E-state index contributed by atoms with van der Waals surface area (Å²) in [5, 5.41) is 9.88. The van der Waals surface area contributed by atoms with Gasteiger partial charge in [-0.2, -0.15) is 0 Å². The van der Waals surface area contributed by atoms with Crippen molar-refractivity contribution in [1.29, 1.82) is 0 Å². The molecule has 0 radical (unpaired) electrons. The lowest BCUT2D eigenvalue weighted by atomic mass is 9.79. The summed E-state index contributed by atoms with van der Waals surface area (Å²) < 4.78 is 27.5. The zero-order valence-corrected chi connectivity index (χ0v) is 26.8. The highest BCUT2D eigenvalue weighted by Gasteiger charge is 2.37. The van der Waals surface area contributed by atoms with Crippen molar-refractivity contribution >= 4 is 24.2 Å². The summed E-state index contributed by atoms with van der Waals surface area (Å²) in [4.78, 5) is 50.3. The number of esters is 1. The van der Waals surface area contributed by atoms with Crippen LogP contribution in [0.15, 0.2) is 18.2 Å². The van der Waals surface area contributed by atoms with Crippen LogP contribution in [0.1, 0.15) is 112 Å². The van der Waals surface area contributed by atoms with Gasteiger partial charge in [0.25, 0.3) is 0 Å². The van der Waals surface area contributed by atoms with Crippen LogP contribution in [-0.4, -0.2) is 52.7 Å². The van der Waals surface area contributed by atoms with Crippen molar-refractivity contribution < 1.29 is 48.0 Å². The second kappa shape index (κ2) is 15.4. The summed E-state index contributed by atoms with van der Waals surface area (Å²) in [5.41, 5.74) is 4.92. The van der Waals surface area contributed by atoms with E-state index in [1.165, 1.54) is 18.2 Å². The van der Waals surface area contributed by atoms with Crippen molar-refractivity contribution in [2.75, 3.05) is 0 Å². The number of benzene rings is 1. The van der Waals surface area contributed by atoms with Gasteiger partial charge in [0.1, 0.15) is 23.3 Å². The Kier molecular flexibility index (Phi) is 12.8. The molecule has 1 aromatic carbocycles. The van der Waals surface area contributed by atoms with Crippen LogP contribution in [0.3, 0.4) is 0 Å². The first-order chi connectivity index (χ1) is 20.0. The first-order valence-electron chi connectivity index (χ1n) is 15.1. The van der Waals surface area contributed by atoms with E-state index in [0.29, 0.717) is 18.4 Å². The Morgan fingerprint density at radius 1 is 0.884 bits per heavy atom. The molecule has 1 aromatic rings. The second-order valence-corrected chi connectivity index (χ2v) is 12.6. The minimum absolute atomic E-state index is 0.140. The van der Waals surface area contributed by atoms with Crippen molar-refractivity contribution in [3.05, 3.63) is 23.8 Å². The van der Waals surface area contributed by atoms with Crippen molar-refractivity contribution in [3.63, 3.8) is 0 Å². The van der Waals surface area contributed by atoms with E-state index in [1.54, 1.807) is 41.5 Å². The summed E-state index contributed by atoms with van der Waals surface area (Å²) in [7, 11) is 0. The molecule has 2 rings (SSSR count).